The summed E-state index contributed by atoms with van der Waals surface area (Å²) in [6.07, 6.45) is 0. The van der Waals surface area contributed by atoms with E-state index in [9.17, 15) is 0 Å². The van der Waals surface area contributed by atoms with Crippen LogP contribution in [-0.4, -0.2) is 0 Å². The first kappa shape index (κ1) is 8.84. The summed E-state index contributed by atoms with van der Waals surface area (Å²) < 4.78 is 0.910. The maximum atomic E-state index is 5.84. The fraction of sp³-hybridized carbons (Fsp3) is 0.143. The summed E-state index contributed by atoms with van der Waals surface area (Å²) in [5.74, 6) is 5.25. The van der Waals surface area contributed by atoms with Crippen LogP contribution in [0.2, 0.25) is 5.02 Å². The second-order valence-corrected chi connectivity index (χ2v) is 3.38. The van der Waals surface area contributed by atoms with Crippen molar-refractivity contribution >= 4 is 33.2 Å². The van der Waals surface area contributed by atoms with Gasteiger partial charge in [0.2, 0.25) is 0 Å². The van der Waals surface area contributed by atoms with Crippen LogP contribution in [0.15, 0.2) is 16.6 Å². The van der Waals surface area contributed by atoms with E-state index in [1.807, 2.05) is 13.0 Å². The first-order valence-electron chi connectivity index (χ1n) is 3.08. The van der Waals surface area contributed by atoms with Gasteiger partial charge in [-0.3, -0.25) is 5.84 Å². The Morgan fingerprint density at radius 3 is 2.73 bits per heavy atom. The van der Waals surface area contributed by atoms with Crippen LogP contribution in [0.5, 0.6) is 0 Å². The Labute approximate surface area is 78.8 Å². The number of hydrogen-bond donors (Lipinski definition) is 2. The van der Waals surface area contributed by atoms with E-state index in [4.69, 9.17) is 17.4 Å². The highest BCUT2D eigenvalue weighted by Gasteiger charge is 2.03. The van der Waals surface area contributed by atoms with Gasteiger partial charge in [0.05, 0.1) is 5.69 Å². The molecule has 0 amide bonds. The molecular weight excluding hydrogens is 227 g/mol. The van der Waals surface area contributed by atoms with E-state index in [1.54, 1.807) is 6.07 Å². The third kappa shape index (κ3) is 1.67. The lowest BCUT2D eigenvalue weighted by Gasteiger charge is -2.06. The molecule has 0 aliphatic carbocycles. The van der Waals surface area contributed by atoms with Crippen LogP contribution >= 0.6 is 27.5 Å². The maximum absolute atomic E-state index is 5.84. The van der Waals surface area contributed by atoms with Crippen molar-refractivity contribution in [2.45, 2.75) is 6.92 Å². The number of rotatable bonds is 1. The molecule has 0 heterocycles. The number of benzene rings is 1. The molecule has 0 atom stereocenters. The smallest absolute Gasteiger partial charge is 0.0631 e. The zero-order valence-corrected chi connectivity index (χ0v) is 8.33. The molecule has 2 nitrogen and oxygen atoms in total. The van der Waals surface area contributed by atoms with Gasteiger partial charge >= 0.3 is 0 Å². The molecule has 0 aliphatic rings. The van der Waals surface area contributed by atoms with Crippen molar-refractivity contribution in [3.8, 4) is 0 Å². The SMILES string of the molecule is Cc1c(Cl)ccc(NN)c1Br. The minimum atomic E-state index is 0.732. The number of nitrogen functional groups attached to an aromatic ring is 1. The van der Waals surface area contributed by atoms with Crippen LogP contribution in [0.25, 0.3) is 0 Å². The van der Waals surface area contributed by atoms with Gasteiger partial charge < -0.3 is 5.43 Å². The molecule has 1 aromatic carbocycles. The van der Waals surface area contributed by atoms with Crippen molar-refractivity contribution in [2.24, 2.45) is 5.84 Å². The Balaban J connectivity index is 3.25. The van der Waals surface area contributed by atoms with Gasteiger partial charge in [0.1, 0.15) is 0 Å². The highest BCUT2D eigenvalue weighted by molar-refractivity contribution is 9.10. The van der Waals surface area contributed by atoms with Gasteiger partial charge in [0.25, 0.3) is 0 Å². The molecule has 0 aliphatic heterocycles. The number of hydrogen-bond acceptors (Lipinski definition) is 2. The molecule has 0 aromatic heterocycles. The molecule has 0 spiro atoms. The number of nitrogens with two attached hydrogens (primary N) is 1. The van der Waals surface area contributed by atoms with Gasteiger partial charge in [-0.1, -0.05) is 11.6 Å². The van der Waals surface area contributed by atoms with Crippen molar-refractivity contribution in [3.05, 3.63) is 27.2 Å². The van der Waals surface area contributed by atoms with E-state index in [-0.39, 0.29) is 0 Å². The quantitative estimate of drug-likeness (QED) is 0.580. The lowest BCUT2D eigenvalue weighted by molar-refractivity contribution is 1.31. The molecule has 60 valence electrons. The van der Waals surface area contributed by atoms with Gasteiger partial charge in [0, 0.05) is 9.50 Å². The van der Waals surface area contributed by atoms with Crippen LogP contribution in [0, 0.1) is 6.92 Å². The van der Waals surface area contributed by atoms with Crippen LogP contribution in [0.1, 0.15) is 5.56 Å². The second kappa shape index (κ2) is 3.43. The summed E-state index contributed by atoms with van der Waals surface area (Å²) in [4.78, 5) is 0. The molecule has 0 fully saturated rings. The van der Waals surface area contributed by atoms with Crippen molar-refractivity contribution in [2.75, 3.05) is 5.43 Å². The second-order valence-electron chi connectivity index (χ2n) is 2.18. The summed E-state index contributed by atoms with van der Waals surface area (Å²) in [6.45, 7) is 1.92. The normalized spacial score (nSPS) is 9.82. The van der Waals surface area contributed by atoms with E-state index < -0.39 is 0 Å². The zero-order chi connectivity index (χ0) is 8.43. The van der Waals surface area contributed by atoms with E-state index in [1.165, 1.54) is 0 Å². The predicted molar refractivity (Wildman–Crippen MR) is 51.7 cm³/mol. The Morgan fingerprint density at radius 1 is 1.55 bits per heavy atom. The molecule has 0 radical (unpaired) electrons. The predicted octanol–water partition coefficient (Wildman–Crippen LogP) is 2.70. The molecule has 0 saturated heterocycles. The largest absolute Gasteiger partial charge is 0.323 e. The Kier molecular flexibility index (Phi) is 2.76. The molecular formula is C7H8BrClN2. The van der Waals surface area contributed by atoms with Crippen molar-refractivity contribution in [1.82, 2.24) is 0 Å². The molecule has 0 bridgehead atoms. The minimum absolute atomic E-state index is 0.732. The summed E-state index contributed by atoms with van der Waals surface area (Å²) >= 11 is 9.21. The van der Waals surface area contributed by atoms with Crippen molar-refractivity contribution in [3.63, 3.8) is 0 Å². The average molecular weight is 236 g/mol. The zero-order valence-electron chi connectivity index (χ0n) is 5.99. The van der Waals surface area contributed by atoms with E-state index in [0.717, 1.165) is 20.7 Å². The maximum Gasteiger partial charge on any atom is 0.0631 e. The molecule has 4 heteroatoms. The van der Waals surface area contributed by atoms with Gasteiger partial charge in [0.15, 0.2) is 0 Å². The fourth-order valence-corrected chi connectivity index (χ4v) is 1.50. The topological polar surface area (TPSA) is 38.0 Å². The minimum Gasteiger partial charge on any atom is -0.323 e. The molecule has 1 aromatic rings. The number of hydrazine groups is 1. The highest BCUT2D eigenvalue weighted by atomic mass is 79.9. The number of anilines is 1. The van der Waals surface area contributed by atoms with Gasteiger partial charge in [-0.25, -0.2) is 0 Å². The standard InChI is InChI=1S/C7H8BrClN2/c1-4-5(9)2-3-6(11-10)7(4)8/h2-3,11H,10H2,1H3. The van der Waals surface area contributed by atoms with Crippen LogP contribution in [0.4, 0.5) is 5.69 Å². The molecule has 1 rings (SSSR count). The number of halogens is 2. The van der Waals surface area contributed by atoms with Crippen molar-refractivity contribution in [1.29, 1.82) is 0 Å². The van der Waals surface area contributed by atoms with E-state index in [2.05, 4.69) is 21.4 Å². The number of nitrogens with one attached hydrogen (secondary N) is 1. The van der Waals surface area contributed by atoms with Crippen LogP contribution in [0.3, 0.4) is 0 Å². The Hall–Kier alpha value is -0.250. The van der Waals surface area contributed by atoms with Crippen LogP contribution < -0.4 is 11.3 Å². The molecule has 11 heavy (non-hydrogen) atoms. The first-order valence-corrected chi connectivity index (χ1v) is 4.25. The molecule has 0 unspecified atom stereocenters. The Bertz CT molecular complexity index is 275. The third-order valence-corrected chi connectivity index (χ3v) is 2.91. The third-order valence-electron chi connectivity index (χ3n) is 1.48. The summed E-state index contributed by atoms with van der Waals surface area (Å²) in [5.41, 5.74) is 4.39. The Morgan fingerprint density at radius 2 is 2.18 bits per heavy atom. The van der Waals surface area contributed by atoms with Gasteiger partial charge in [-0.05, 0) is 40.5 Å². The monoisotopic (exact) mass is 234 g/mol. The van der Waals surface area contributed by atoms with Crippen LogP contribution in [-0.2, 0) is 0 Å². The first-order chi connectivity index (χ1) is 5.16. The fourth-order valence-electron chi connectivity index (χ4n) is 0.773. The lowest BCUT2D eigenvalue weighted by atomic mass is 10.2. The lowest BCUT2D eigenvalue weighted by Crippen LogP contribution is -2.07. The average Bonchev–Trinajstić information content (AvgIpc) is 2.01. The van der Waals surface area contributed by atoms with Crippen molar-refractivity contribution < 1.29 is 0 Å². The molecule has 0 saturated carbocycles. The summed E-state index contributed by atoms with van der Waals surface area (Å²) in [5, 5.41) is 0.732. The van der Waals surface area contributed by atoms with Gasteiger partial charge in [-0.2, -0.15) is 0 Å². The summed E-state index contributed by atoms with van der Waals surface area (Å²) in [7, 11) is 0. The van der Waals surface area contributed by atoms with E-state index in [0.29, 0.717) is 0 Å². The highest BCUT2D eigenvalue weighted by Crippen LogP contribution is 2.30. The summed E-state index contributed by atoms with van der Waals surface area (Å²) in [6, 6.07) is 3.62. The molecule has 3 N–H and O–H groups in total. The van der Waals surface area contributed by atoms with Gasteiger partial charge in [-0.15, -0.1) is 0 Å². The van der Waals surface area contributed by atoms with E-state index >= 15 is 0 Å².